The summed E-state index contributed by atoms with van der Waals surface area (Å²) in [4.78, 5) is 10.7. The summed E-state index contributed by atoms with van der Waals surface area (Å²) in [5.41, 5.74) is 0. The molecule has 0 aromatic rings. The predicted molar refractivity (Wildman–Crippen MR) is 53.9 cm³/mol. The molecule has 11 heavy (non-hydrogen) atoms. The van der Waals surface area contributed by atoms with Gasteiger partial charge in [0.25, 0.3) is 0 Å². The quantitative estimate of drug-likeness (QED) is 0.251. The van der Waals surface area contributed by atoms with Gasteiger partial charge in [0.05, 0.1) is 6.61 Å². The molecule has 0 aliphatic rings. The fraction of sp³-hybridized carbons (Fsp3) is 0.625. The van der Waals surface area contributed by atoms with Crippen molar-refractivity contribution in [1.82, 2.24) is 0 Å². The van der Waals surface area contributed by atoms with Gasteiger partial charge >= 0.3 is 5.97 Å². The maximum atomic E-state index is 10.7. The van der Waals surface area contributed by atoms with E-state index in [1.54, 1.807) is 6.92 Å². The van der Waals surface area contributed by atoms with Gasteiger partial charge in [0, 0.05) is 6.08 Å². The summed E-state index contributed by atoms with van der Waals surface area (Å²) < 4.78 is 5.82. The van der Waals surface area contributed by atoms with E-state index in [0.29, 0.717) is 6.61 Å². The van der Waals surface area contributed by atoms with E-state index < -0.39 is 0 Å². The van der Waals surface area contributed by atoms with Crippen LogP contribution in [0.4, 0.5) is 0 Å². The summed E-state index contributed by atoms with van der Waals surface area (Å²) in [6, 6.07) is 0. The van der Waals surface area contributed by atoms with E-state index in [2.05, 4.69) is 22.6 Å². The SMILES string of the molecule is CCOC(=O)C=CCCCI. The first kappa shape index (κ1) is 10.9. The Labute approximate surface area is 81.1 Å². The van der Waals surface area contributed by atoms with Crippen molar-refractivity contribution >= 4 is 28.6 Å². The molecule has 0 aliphatic heterocycles. The van der Waals surface area contributed by atoms with Crippen LogP contribution in [-0.2, 0) is 9.53 Å². The number of esters is 1. The van der Waals surface area contributed by atoms with Gasteiger partial charge in [0.15, 0.2) is 0 Å². The number of allylic oxidation sites excluding steroid dienone is 1. The first-order valence-electron chi connectivity index (χ1n) is 3.70. The summed E-state index contributed by atoms with van der Waals surface area (Å²) in [5, 5.41) is 0. The van der Waals surface area contributed by atoms with E-state index in [4.69, 9.17) is 4.74 Å². The zero-order valence-electron chi connectivity index (χ0n) is 6.68. The van der Waals surface area contributed by atoms with Crippen LogP contribution in [0.25, 0.3) is 0 Å². The highest BCUT2D eigenvalue weighted by molar-refractivity contribution is 14.1. The molecule has 0 fully saturated rings. The van der Waals surface area contributed by atoms with Crippen LogP contribution in [0.2, 0.25) is 0 Å². The second-order valence-corrected chi connectivity index (χ2v) is 3.06. The normalized spacial score (nSPS) is 10.4. The van der Waals surface area contributed by atoms with Crippen LogP contribution in [-0.4, -0.2) is 17.0 Å². The smallest absolute Gasteiger partial charge is 0.330 e. The molecule has 0 unspecified atom stereocenters. The Morgan fingerprint density at radius 3 is 2.91 bits per heavy atom. The molecule has 2 nitrogen and oxygen atoms in total. The Balaban J connectivity index is 3.32. The van der Waals surface area contributed by atoms with Crippen LogP contribution in [0, 0.1) is 0 Å². The minimum Gasteiger partial charge on any atom is -0.463 e. The van der Waals surface area contributed by atoms with E-state index >= 15 is 0 Å². The van der Waals surface area contributed by atoms with Crippen LogP contribution >= 0.6 is 22.6 Å². The lowest BCUT2D eigenvalue weighted by Crippen LogP contribution is -1.98. The Kier molecular flexibility index (Phi) is 8.00. The molecule has 0 amide bonds. The van der Waals surface area contributed by atoms with Gasteiger partial charge in [-0.2, -0.15) is 0 Å². The van der Waals surface area contributed by atoms with Crippen molar-refractivity contribution in [3.8, 4) is 0 Å². The molecule has 3 heteroatoms. The van der Waals surface area contributed by atoms with E-state index in [1.165, 1.54) is 6.08 Å². The molecule has 0 aromatic heterocycles. The topological polar surface area (TPSA) is 26.3 Å². The van der Waals surface area contributed by atoms with Gasteiger partial charge in [0.2, 0.25) is 0 Å². The van der Waals surface area contributed by atoms with E-state index in [-0.39, 0.29) is 5.97 Å². The molecular formula is C8H13IO2. The maximum Gasteiger partial charge on any atom is 0.330 e. The number of ether oxygens (including phenoxy) is 1. The third kappa shape index (κ3) is 7.84. The Morgan fingerprint density at radius 2 is 2.36 bits per heavy atom. The largest absolute Gasteiger partial charge is 0.463 e. The Hall–Kier alpha value is -0.0600. The highest BCUT2D eigenvalue weighted by atomic mass is 127. The van der Waals surface area contributed by atoms with Gasteiger partial charge < -0.3 is 4.74 Å². The molecule has 64 valence electrons. The van der Waals surface area contributed by atoms with Crippen molar-refractivity contribution in [2.24, 2.45) is 0 Å². The molecule has 0 saturated carbocycles. The Bertz CT molecular complexity index is 132. The third-order valence-electron chi connectivity index (χ3n) is 1.04. The predicted octanol–water partition coefficient (Wildman–Crippen LogP) is 2.32. The van der Waals surface area contributed by atoms with Crippen molar-refractivity contribution in [3.63, 3.8) is 0 Å². The monoisotopic (exact) mass is 268 g/mol. The van der Waals surface area contributed by atoms with Crippen molar-refractivity contribution in [2.75, 3.05) is 11.0 Å². The minimum absolute atomic E-state index is 0.235. The lowest BCUT2D eigenvalue weighted by molar-refractivity contribution is -0.137. The molecular weight excluding hydrogens is 255 g/mol. The van der Waals surface area contributed by atoms with E-state index in [9.17, 15) is 4.79 Å². The molecule has 0 aromatic carbocycles. The molecule has 0 rings (SSSR count). The van der Waals surface area contributed by atoms with Gasteiger partial charge in [-0.25, -0.2) is 4.79 Å². The van der Waals surface area contributed by atoms with Gasteiger partial charge in [-0.05, 0) is 24.2 Å². The summed E-state index contributed by atoms with van der Waals surface area (Å²) in [7, 11) is 0. The van der Waals surface area contributed by atoms with Crippen molar-refractivity contribution < 1.29 is 9.53 Å². The second kappa shape index (κ2) is 8.04. The fourth-order valence-corrected chi connectivity index (χ4v) is 1.01. The number of carbonyl (C=O) groups excluding carboxylic acids is 1. The number of carbonyl (C=O) groups is 1. The lowest BCUT2D eigenvalue weighted by Gasteiger charge is -1.93. The van der Waals surface area contributed by atoms with Crippen LogP contribution < -0.4 is 0 Å². The highest BCUT2D eigenvalue weighted by Gasteiger charge is 1.90. The fourth-order valence-electron chi connectivity index (χ4n) is 0.565. The first-order valence-corrected chi connectivity index (χ1v) is 5.23. The zero-order chi connectivity index (χ0) is 8.53. The number of hydrogen-bond acceptors (Lipinski definition) is 2. The molecule has 0 N–H and O–H groups in total. The molecule has 0 saturated heterocycles. The highest BCUT2D eigenvalue weighted by Crippen LogP contribution is 1.95. The summed E-state index contributed by atoms with van der Waals surface area (Å²) in [6.07, 6.45) is 5.44. The zero-order valence-corrected chi connectivity index (χ0v) is 8.84. The summed E-state index contributed by atoms with van der Waals surface area (Å²) >= 11 is 2.31. The molecule has 0 heterocycles. The van der Waals surface area contributed by atoms with E-state index in [1.807, 2.05) is 6.08 Å². The van der Waals surface area contributed by atoms with Crippen LogP contribution in [0.3, 0.4) is 0 Å². The van der Waals surface area contributed by atoms with Gasteiger partial charge in [-0.1, -0.05) is 28.7 Å². The van der Waals surface area contributed by atoms with Gasteiger partial charge in [0.1, 0.15) is 0 Å². The number of rotatable bonds is 5. The average Bonchev–Trinajstić information content (AvgIpc) is 1.99. The van der Waals surface area contributed by atoms with Gasteiger partial charge in [-0.15, -0.1) is 0 Å². The number of alkyl halides is 1. The van der Waals surface area contributed by atoms with Gasteiger partial charge in [-0.3, -0.25) is 0 Å². The van der Waals surface area contributed by atoms with E-state index in [0.717, 1.165) is 17.3 Å². The Morgan fingerprint density at radius 1 is 1.64 bits per heavy atom. The summed E-state index contributed by atoms with van der Waals surface area (Å²) in [5.74, 6) is -0.235. The van der Waals surface area contributed by atoms with Crippen LogP contribution in [0.5, 0.6) is 0 Å². The minimum atomic E-state index is -0.235. The van der Waals surface area contributed by atoms with Crippen LogP contribution in [0.1, 0.15) is 19.8 Å². The first-order chi connectivity index (χ1) is 5.31. The summed E-state index contributed by atoms with van der Waals surface area (Å²) in [6.45, 7) is 2.26. The number of unbranched alkanes of at least 4 members (excludes halogenated alkanes) is 1. The molecule has 0 radical (unpaired) electrons. The van der Waals surface area contributed by atoms with Crippen LogP contribution in [0.15, 0.2) is 12.2 Å². The lowest BCUT2D eigenvalue weighted by atomic mass is 10.3. The number of halogens is 1. The van der Waals surface area contributed by atoms with Crippen molar-refractivity contribution in [2.45, 2.75) is 19.8 Å². The molecule has 0 atom stereocenters. The third-order valence-corrected chi connectivity index (χ3v) is 1.81. The van der Waals surface area contributed by atoms with Crippen molar-refractivity contribution in [1.29, 1.82) is 0 Å². The standard InChI is InChI=1S/C8H13IO2/c1-2-11-8(10)6-4-3-5-7-9/h4,6H,2-3,5,7H2,1H3. The molecule has 0 bridgehead atoms. The average molecular weight is 268 g/mol. The number of hydrogen-bond donors (Lipinski definition) is 0. The second-order valence-electron chi connectivity index (χ2n) is 1.99. The molecule has 0 aliphatic carbocycles. The molecule has 0 spiro atoms. The van der Waals surface area contributed by atoms with Crippen molar-refractivity contribution in [3.05, 3.63) is 12.2 Å². The maximum absolute atomic E-state index is 10.7.